The van der Waals surface area contributed by atoms with Gasteiger partial charge in [0.25, 0.3) is 0 Å². The lowest BCUT2D eigenvalue weighted by Crippen LogP contribution is -2.03. The Morgan fingerprint density at radius 1 is 0.839 bits per heavy atom. The van der Waals surface area contributed by atoms with Crippen LogP contribution in [0.1, 0.15) is 43.2 Å². The summed E-state index contributed by atoms with van der Waals surface area (Å²) in [7, 11) is -10.4. The van der Waals surface area contributed by atoms with E-state index in [0.717, 1.165) is 12.4 Å². The van der Waals surface area contributed by atoms with Crippen molar-refractivity contribution >= 4 is 28.2 Å². The molecule has 0 aliphatic carbocycles. The number of nitrogens with zero attached hydrogens (tertiary/aromatic N) is 2. The minimum Gasteiger partial charge on any atom is -0.505 e. The molecule has 0 bridgehead atoms. The Morgan fingerprint density at radius 3 is 1.52 bits per heavy atom. The molecule has 2 aromatic heterocycles. The molecule has 31 heavy (non-hydrogen) atoms. The summed E-state index contributed by atoms with van der Waals surface area (Å²) in [6.07, 6.45) is 2.76. The van der Waals surface area contributed by atoms with Crippen LogP contribution in [0.2, 0.25) is 0 Å². The SMILES string of the molecule is Cc1ncc(COP(=O)(O)OP(=O)(O)OCc2cnc(C)c(O)c2C=O)c(C=O)c1O. The van der Waals surface area contributed by atoms with E-state index in [4.69, 9.17) is 0 Å². The monoisotopic (exact) mass is 476 g/mol. The predicted octanol–water partition coefficient (Wildman–Crippen LogP) is 2.08. The summed E-state index contributed by atoms with van der Waals surface area (Å²) >= 11 is 0. The Morgan fingerprint density at radius 2 is 1.19 bits per heavy atom. The van der Waals surface area contributed by atoms with E-state index in [1.165, 1.54) is 13.8 Å². The largest absolute Gasteiger partial charge is 0.505 e. The Labute approximate surface area is 175 Å². The molecule has 2 aromatic rings. The third-order valence-electron chi connectivity index (χ3n) is 3.92. The van der Waals surface area contributed by atoms with Gasteiger partial charge in [-0.15, -0.1) is 0 Å². The second kappa shape index (κ2) is 9.75. The van der Waals surface area contributed by atoms with Gasteiger partial charge in [-0.05, 0) is 13.8 Å². The van der Waals surface area contributed by atoms with E-state index >= 15 is 0 Å². The third kappa shape index (κ3) is 6.25. The Hall–Kier alpha value is -2.50. The summed E-state index contributed by atoms with van der Waals surface area (Å²) in [4.78, 5) is 49.2. The molecular weight excluding hydrogens is 458 g/mol. The molecule has 0 saturated heterocycles. The summed E-state index contributed by atoms with van der Waals surface area (Å²) in [5, 5.41) is 19.6. The lowest BCUT2D eigenvalue weighted by molar-refractivity contribution is 0.111. The fraction of sp³-hybridized carbons (Fsp3) is 0.250. The highest BCUT2D eigenvalue weighted by Crippen LogP contribution is 2.61. The standard InChI is InChI=1S/C16H18N2O11P2/c1-9-15(21)13(5-19)11(3-17-9)7-27-30(23,24)29-31(25,26)28-8-12-4-18-10(2)16(22)14(12)6-20/h3-6,21-22H,7-8H2,1-2H3,(H,23,24)(H,25,26). The maximum Gasteiger partial charge on any atom is 0.481 e. The molecule has 0 saturated carbocycles. The van der Waals surface area contributed by atoms with Crippen molar-refractivity contribution in [1.82, 2.24) is 9.97 Å². The van der Waals surface area contributed by atoms with E-state index in [-0.39, 0.29) is 46.2 Å². The van der Waals surface area contributed by atoms with E-state index in [9.17, 15) is 38.7 Å². The Kier molecular flexibility index (Phi) is 7.79. The van der Waals surface area contributed by atoms with Crippen LogP contribution in [0.25, 0.3) is 0 Å². The van der Waals surface area contributed by atoms with Crippen LogP contribution in [0.4, 0.5) is 0 Å². The number of aldehydes is 2. The molecular formula is C16H18N2O11P2. The van der Waals surface area contributed by atoms with Crippen LogP contribution in [0.3, 0.4) is 0 Å². The van der Waals surface area contributed by atoms with Crippen molar-refractivity contribution in [2.45, 2.75) is 27.1 Å². The van der Waals surface area contributed by atoms with Crippen molar-refractivity contribution < 1.29 is 52.1 Å². The van der Waals surface area contributed by atoms with Crippen molar-refractivity contribution in [3.05, 3.63) is 46.0 Å². The average Bonchev–Trinajstić information content (AvgIpc) is 2.69. The lowest BCUT2D eigenvalue weighted by atomic mass is 10.1. The van der Waals surface area contributed by atoms with Gasteiger partial charge in [-0.25, -0.2) is 9.13 Å². The van der Waals surface area contributed by atoms with Crippen LogP contribution in [0.5, 0.6) is 11.5 Å². The highest BCUT2D eigenvalue weighted by atomic mass is 31.3. The maximum atomic E-state index is 12.0. The van der Waals surface area contributed by atoms with Gasteiger partial charge in [0, 0.05) is 23.5 Å². The Balaban J connectivity index is 2.07. The second-order valence-electron chi connectivity index (χ2n) is 6.06. The molecule has 0 aliphatic heterocycles. The van der Waals surface area contributed by atoms with E-state index in [1.807, 2.05) is 0 Å². The molecule has 15 heteroatoms. The summed E-state index contributed by atoms with van der Waals surface area (Å²) in [6.45, 7) is 1.30. The van der Waals surface area contributed by atoms with Gasteiger partial charge in [-0.2, -0.15) is 4.31 Å². The van der Waals surface area contributed by atoms with Crippen molar-refractivity contribution in [2.75, 3.05) is 0 Å². The van der Waals surface area contributed by atoms with Crippen LogP contribution >= 0.6 is 15.6 Å². The average molecular weight is 476 g/mol. The number of aryl methyl sites for hydroxylation is 2. The summed E-state index contributed by atoms with van der Waals surface area (Å²) < 4.78 is 37.3. The lowest BCUT2D eigenvalue weighted by Gasteiger charge is -2.17. The van der Waals surface area contributed by atoms with Crippen LogP contribution in [0.15, 0.2) is 12.4 Å². The van der Waals surface area contributed by atoms with Gasteiger partial charge in [-0.1, -0.05) is 0 Å². The normalized spacial score (nSPS) is 15.1. The zero-order valence-electron chi connectivity index (χ0n) is 16.2. The van der Waals surface area contributed by atoms with Crippen LogP contribution < -0.4 is 0 Å². The maximum absolute atomic E-state index is 12.0. The van der Waals surface area contributed by atoms with E-state index in [1.54, 1.807) is 0 Å². The van der Waals surface area contributed by atoms with Crippen molar-refractivity contribution in [3.8, 4) is 11.5 Å². The number of carbonyl (C=O) groups excluding carboxylic acids is 2. The van der Waals surface area contributed by atoms with Crippen LogP contribution in [0, 0.1) is 13.8 Å². The van der Waals surface area contributed by atoms with Gasteiger partial charge in [0.1, 0.15) is 11.5 Å². The molecule has 0 spiro atoms. The predicted molar refractivity (Wildman–Crippen MR) is 102 cm³/mol. The van der Waals surface area contributed by atoms with Gasteiger partial charge in [-0.3, -0.25) is 28.6 Å². The highest BCUT2D eigenvalue weighted by Gasteiger charge is 2.36. The first-order valence-electron chi connectivity index (χ1n) is 8.32. The number of aromatic nitrogens is 2. The molecule has 4 N–H and O–H groups in total. The van der Waals surface area contributed by atoms with Gasteiger partial charge >= 0.3 is 15.6 Å². The fourth-order valence-corrected chi connectivity index (χ4v) is 4.30. The molecule has 0 aromatic carbocycles. The molecule has 2 atom stereocenters. The molecule has 2 rings (SSSR count). The summed E-state index contributed by atoms with van der Waals surface area (Å²) in [5.41, 5.74) is -0.390. The highest BCUT2D eigenvalue weighted by molar-refractivity contribution is 7.61. The molecule has 2 unspecified atom stereocenters. The quantitative estimate of drug-likeness (QED) is 0.287. The van der Waals surface area contributed by atoms with E-state index in [2.05, 4.69) is 23.3 Å². The third-order valence-corrected chi connectivity index (χ3v) is 6.49. The van der Waals surface area contributed by atoms with Gasteiger partial charge in [0.15, 0.2) is 12.6 Å². The van der Waals surface area contributed by atoms with Crippen molar-refractivity contribution in [2.24, 2.45) is 0 Å². The summed E-state index contributed by atoms with van der Waals surface area (Å²) in [5.74, 6) is -0.913. The minimum absolute atomic E-state index is 0.0819. The molecule has 13 nitrogen and oxygen atoms in total. The number of hydrogen-bond donors (Lipinski definition) is 4. The number of hydrogen-bond acceptors (Lipinski definition) is 11. The zero-order valence-corrected chi connectivity index (χ0v) is 17.9. The molecule has 168 valence electrons. The molecule has 2 heterocycles. The van der Waals surface area contributed by atoms with Gasteiger partial charge < -0.3 is 20.0 Å². The number of phosphoric acid groups is 2. The van der Waals surface area contributed by atoms with Crippen LogP contribution in [-0.2, 0) is 35.7 Å². The molecule has 0 radical (unpaired) electrons. The Bertz CT molecular complexity index is 1020. The fourth-order valence-electron chi connectivity index (χ4n) is 2.28. The van der Waals surface area contributed by atoms with Gasteiger partial charge in [0.05, 0.1) is 35.7 Å². The molecule has 0 amide bonds. The topological polar surface area (TPSA) is 203 Å². The smallest absolute Gasteiger partial charge is 0.481 e. The van der Waals surface area contributed by atoms with E-state index < -0.39 is 40.4 Å². The second-order valence-corrected chi connectivity index (χ2v) is 9.11. The molecule has 0 fully saturated rings. The van der Waals surface area contributed by atoms with E-state index in [0.29, 0.717) is 0 Å². The summed E-state index contributed by atoms with van der Waals surface area (Å²) in [6, 6.07) is 0. The number of rotatable bonds is 10. The first-order chi connectivity index (χ1) is 14.4. The van der Waals surface area contributed by atoms with Crippen molar-refractivity contribution in [1.29, 1.82) is 0 Å². The number of phosphoric ester groups is 2. The zero-order chi connectivity index (χ0) is 23.4. The van der Waals surface area contributed by atoms with Crippen LogP contribution in [-0.4, -0.2) is 42.5 Å². The number of carbonyl (C=O) groups is 2. The number of aromatic hydroxyl groups is 2. The van der Waals surface area contributed by atoms with Crippen molar-refractivity contribution in [3.63, 3.8) is 0 Å². The first-order valence-corrected chi connectivity index (χ1v) is 11.3. The minimum atomic E-state index is -5.19. The number of pyridine rings is 2. The first kappa shape index (κ1) is 24.8. The van der Waals surface area contributed by atoms with Gasteiger partial charge in [0.2, 0.25) is 0 Å². The molecule has 0 aliphatic rings.